The number of carbonyl (C=O) groups excluding carboxylic acids is 2. The molecule has 28 heavy (non-hydrogen) atoms. The van der Waals surface area contributed by atoms with E-state index in [2.05, 4.69) is 4.98 Å². The number of aryl methyl sites for hydroxylation is 1. The molecule has 1 aliphatic rings. The zero-order valence-electron chi connectivity index (χ0n) is 15.4. The summed E-state index contributed by atoms with van der Waals surface area (Å²) in [7, 11) is 1.60. The fourth-order valence-electron chi connectivity index (χ4n) is 3.28. The second kappa shape index (κ2) is 6.45. The van der Waals surface area contributed by atoms with Crippen molar-refractivity contribution < 1.29 is 14.3 Å². The standard InChI is InChI=1S/C19H17N3O5S/c1-9-6-12-17(28-9)20-19(26)22(18(12)25)10(2)16(24)11-4-5-14-13(7-11)21(3)15(23)8-27-14/h4-7,10H,8H2,1-3H3,(H,20,26). The lowest BCUT2D eigenvalue weighted by molar-refractivity contribution is -0.120. The van der Waals surface area contributed by atoms with Crippen LogP contribution < -0.4 is 20.9 Å². The molecule has 1 atom stereocenters. The molecule has 2 aromatic heterocycles. The van der Waals surface area contributed by atoms with Crippen molar-refractivity contribution in [2.24, 2.45) is 0 Å². The van der Waals surface area contributed by atoms with E-state index in [-0.39, 0.29) is 18.1 Å². The van der Waals surface area contributed by atoms with Gasteiger partial charge in [-0.25, -0.2) is 9.36 Å². The summed E-state index contributed by atoms with van der Waals surface area (Å²) in [6, 6.07) is 5.40. The fourth-order valence-corrected chi connectivity index (χ4v) is 4.17. The zero-order chi connectivity index (χ0) is 20.2. The molecule has 0 spiro atoms. The molecule has 0 bridgehead atoms. The van der Waals surface area contributed by atoms with Crippen LogP contribution in [0.4, 0.5) is 5.69 Å². The number of benzene rings is 1. The topological polar surface area (TPSA) is 101 Å². The van der Waals surface area contributed by atoms with Gasteiger partial charge >= 0.3 is 5.69 Å². The van der Waals surface area contributed by atoms with E-state index in [9.17, 15) is 19.2 Å². The molecular formula is C19H17N3O5S. The molecule has 1 amide bonds. The number of anilines is 1. The molecule has 8 nitrogen and oxygen atoms in total. The van der Waals surface area contributed by atoms with Crippen LogP contribution in [-0.2, 0) is 4.79 Å². The van der Waals surface area contributed by atoms with Crippen LogP contribution in [0.25, 0.3) is 10.2 Å². The average Bonchev–Trinajstić information content (AvgIpc) is 3.04. The van der Waals surface area contributed by atoms with Gasteiger partial charge in [-0.1, -0.05) is 0 Å². The number of likely N-dealkylation sites (N-methyl/N-ethyl adjacent to an activating group) is 1. The highest BCUT2D eigenvalue weighted by atomic mass is 32.1. The van der Waals surface area contributed by atoms with Crippen molar-refractivity contribution in [3.05, 3.63) is 55.5 Å². The van der Waals surface area contributed by atoms with Gasteiger partial charge in [0.15, 0.2) is 12.4 Å². The number of H-pyrrole nitrogens is 1. The lowest BCUT2D eigenvalue weighted by Crippen LogP contribution is -2.39. The molecule has 0 saturated carbocycles. The minimum absolute atomic E-state index is 0.0575. The van der Waals surface area contributed by atoms with Gasteiger partial charge in [0.05, 0.1) is 11.1 Å². The Morgan fingerprint density at radius 2 is 2.00 bits per heavy atom. The monoisotopic (exact) mass is 399 g/mol. The molecule has 144 valence electrons. The van der Waals surface area contributed by atoms with Crippen molar-refractivity contribution in [2.75, 3.05) is 18.6 Å². The number of ether oxygens (including phenoxy) is 1. The molecule has 0 radical (unpaired) electrons. The summed E-state index contributed by atoms with van der Waals surface area (Å²) >= 11 is 1.32. The minimum atomic E-state index is -1.01. The van der Waals surface area contributed by atoms with Gasteiger partial charge < -0.3 is 9.64 Å². The third-order valence-electron chi connectivity index (χ3n) is 4.84. The van der Waals surface area contributed by atoms with Gasteiger partial charge in [0.1, 0.15) is 16.6 Å². The van der Waals surface area contributed by atoms with E-state index in [1.807, 2.05) is 6.92 Å². The summed E-state index contributed by atoms with van der Waals surface area (Å²) < 4.78 is 6.30. The molecule has 3 heterocycles. The number of aromatic nitrogens is 2. The van der Waals surface area contributed by atoms with E-state index in [0.29, 0.717) is 21.7 Å². The molecule has 4 rings (SSSR count). The normalized spacial score (nSPS) is 14.7. The minimum Gasteiger partial charge on any atom is -0.482 e. The summed E-state index contributed by atoms with van der Waals surface area (Å²) in [6.45, 7) is 3.29. The smallest absolute Gasteiger partial charge is 0.330 e. The van der Waals surface area contributed by atoms with Crippen molar-refractivity contribution in [1.82, 2.24) is 9.55 Å². The number of rotatable bonds is 3. The number of thiophene rings is 1. The first-order chi connectivity index (χ1) is 13.3. The van der Waals surface area contributed by atoms with Crippen molar-refractivity contribution in [3.8, 4) is 5.75 Å². The zero-order valence-corrected chi connectivity index (χ0v) is 16.3. The predicted molar refractivity (Wildman–Crippen MR) is 106 cm³/mol. The Hall–Kier alpha value is -3.20. The van der Waals surface area contributed by atoms with Crippen LogP contribution in [0.15, 0.2) is 33.9 Å². The molecule has 0 fully saturated rings. The Kier molecular flexibility index (Phi) is 4.19. The summed E-state index contributed by atoms with van der Waals surface area (Å²) in [6.07, 6.45) is 0. The molecule has 1 N–H and O–H groups in total. The van der Waals surface area contributed by atoms with Gasteiger partial charge in [-0.2, -0.15) is 0 Å². The number of hydrogen-bond acceptors (Lipinski definition) is 6. The largest absolute Gasteiger partial charge is 0.482 e. The van der Waals surface area contributed by atoms with Gasteiger partial charge in [-0.3, -0.25) is 19.4 Å². The van der Waals surface area contributed by atoms with Gasteiger partial charge in [0.25, 0.3) is 11.5 Å². The lowest BCUT2D eigenvalue weighted by Gasteiger charge is -2.26. The maximum atomic E-state index is 13.0. The van der Waals surface area contributed by atoms with Crippen LogP contribution in [0, 0.1) is 6.92 Å². The number of fused-ring (bicyclic) bond motifs is 2. The maximum absolute atomic E-state index is 13.0. The Morgan fingerprint density at radius 3 is 2.75 bits per heavy atom. The molecule has 1 unspecified atom stereocenters. The number of Topliss-reactive ketones (excluding diaryl/α,β-unsaturated/α-hetero) is 1. The summed E-state index contributed by atoms with van der Waals surface area (Å²) in [4.78, 5) is 55.6. The maximum Gasteiger partial charge on any atom is 0.330 e. The van der Waals surface area contributed by atoms with Gasteiger partial charge in [0.2, 0.25) is 0 Å². The third kappa shape index (κ3) is 2.75. The highest BCUT2D eigenvalue weighted by molar-refractivity contribution is 7.18. The average molecular weight is 399 g/mol. The first-order valence-electron chi connectivity index (χ1n) is 8.60. The molecule has 3 aromatic rings. The Labute approximate surface area is 163 Å². The quantitative estimate of drug-likeness (QED) is 0.678. The predicted octanol–water partition coefficient (Wildman–Crippen LogP) is 1.86. The second-order valence-corrected chi connectivity index (χ2v) is 7.93. The highest BCUT2D eigenvalue weighted by Gasteiger charge is 2.26. The van der Waals surface area contributed by atoms with E-state index < -0.39 is 23.1 Å². The summed E-state index contributed by atoms with van der Waals surface area (Å²) in [5.41, 5.74) is -0.380. The fraction of sp³-hybridized carbons (Fsp3) is 0.263. The van der Waals surface area contributed by atoms with Crippen molar-refractivity contribution in [3.63, 3.8) is 0 Å². The lowest BCUT2D eigenvalue weighted by atomic mass is 10.0. The third-order valence-corrected chi connectivity index (χ3v) is 5.81. The van der Waals surface area contributed by atoms with E-state index in [1.54, 1.807) is 25.2 Å². The Bertz CT molecular complexity index is 1250. The summed E-state index contributed by atoms with van der Waals surface area (Å²) in [5.74, 6) is -0.138. The van der Waals surface area contributed by atoms with Crippen LogP contribution in [0.3, 0.4) is 0 Å². The SMILES string of the molecule is Cc1cc2c(=O)n(C(C)C(=O)c3ccc4c(c3)N(C)C(=O)CO4)c(=O)[nH]c2s1. The number of ketones is 1. The summed E-state index contributed by atoms with van der Waals surface area (Å²) in [5, 5.41) is 0.380. The van der Waals surface area contributed by atoms with Crippen LogP contribution in [0.2, 0.25) is 0 Å². The van der Waals surface area contributed by atoms with Crippen molar-refractivity contribution >= 4 is 38.9 Å². The number of nitrogens with one attached hydrogen (secondary N) is 1. The number of carbonyl (C=O) groups is 2. The van der Waals surface area contributed by atoms with E-state index >= 15 is 0 Å². The van der Waals surface area contributed by atoms with Gasteiger partial charge in [-0.05, 0) is 38.1 Å². The van der Waals surface area contributed by atoms with E-state index in [1.165, 1.54) is 29.2 Å². The molecule has 1 aromatic carbocycles. The van der Waals surface area contributed by atoms with Gasteiger partial charge in [0, 0.05) is 17.5 Å². The van der Waals surface area contributed by atoms with Gasteiger partial charge in [-0.15, -0.1) is 11.3 Å². The Balaban J connectivity index is 1.77. The van der Waals surface area contributed by atoms with Crippen molar-refractivity contribution in [2.45, 2.75) is 19.9 Å². The molecule has 9 heteroatoms. The molecular weight excluding hydrogens is 382 g/mol. The van der Waals surface area contributed by atoms with Crippen LogP contribution in [0.1, 0.15) is 28.2 Å². The second-order valence-electron chi connectivity index (χ2n) is 6.67. The Morgan fingerprint density at radius 1 is 1.25 bits per heavy atom. The number of amides is 1. The molecule has 0 saturated heterocycles. The molecule has 1 aliphatic heterocycles. The van der Waals surface area contributed by atoms with Crippen LogP contribution in [0.5, 0.6) is 5.75 Å². The highest BCUT2D eigenvalue weighted by Crippen LogP contribution is 2.32. The van der Waals surface area contributed by atoms with Crippen LogP contribution >= 0.6 is 11.3 Å². The van der Waals surface area contributed by atoms with E-state index in [4.69, 9.17) is 4.74 Å². The number of nitrogens with zero attached hydrogens (tertiary/aromatic N) is 2. The van der Waals surface area contributed by atoms with E-state index in [0.717, 1.165) is 9.44 Å². The number of aromatic amines is 1. The number of hydrogen-bond donors (Lipinski definition) is 1. The van der Waals surface area contributed by atoms with Crippen molar-refractivity contribution in [1.29, 1.82) is 0 Å². The first-order valence-corrected chi connectivity index (χ1v) is 9.42. The molecule has 0 aliphatic carbocycles. The van der Waals surface area contributed by atoms with Crippen LogP contribution in [-0.4, -0.2) is 34.9 Å². The first kappa shape index (κ1) is 18.2.